The van der Waals surface area contributed by atoms with Gasteiger partial charge in [-0.3, -0.25) is 0 Å². The standard InChI is InChI=1S/C15H14BrCl2NO2/c1-20-14-6-9(5-11(16)15(14)21-2)8-19-10-3-4-12(17)13(18)7-10/h3-7,19H,8H2,1-2H3. The Hall–Kier alpha value is -1.10. The van der Waals surface area contributed by atoms with Gasteiger partial charge in [0.15, 0.2) is 11.5 Å². The highest BCUT2D eigenvalue weighted by molar-refractivity contribution is 9.10. The van der Waals surface area contributed by atoms with Crippen molar-refractivity contribution in [2.24, 2.45) is 0 Å². The van der Waals surface area contributed by atoms with E-state index in [1.807, 2.05) is 18.2 Å². The molecule has 0 heterocycles. The molecule has 0 spiro atoms. The lowest BCUT2D eigenvalue weighted by molar-refractivity contribution is 0.352. The van der Waals surface area contributed by atoms with Crippen molar-refractivity contribution in [3.63, 3.8) is 0 Å². The fourth-order valence-electron chi connectivity index (χ4n) is 1.88. The summed E-state index contributed by atoms with van der Waals surface area (Å²) in [6.45, 7) is 0.622. The van der Waals surface area contributed by atoms with Crippen LogP contribution in [0.3, 0.4) is 0 Å². The molecule has 0 aliphatic heterocycles. The number of halogens is 3. The molecule has 0 bridgehead atoms. The second-order valence-electron chi connectivity index (χ2n) is 4.30. The summed E-state index contributed by atoms with van der Waals surface area (Å²) in [6.07, 6.45) is 0. The molecule has 1 N–H and O–H groups in total. The predicted octanol–water partition coefficient (Wildman–Crippen LogP) is 5.39. The number of hydrogen-bond donors (Lipinski definition) is 1. The summed E-state index contributed by atoms with van der Waals surface area (Å²) < 4.78 is 11.5. The zero-order chi connectivity index (χ0) is 15.4. The zero-order valence-corrected chi connectivity index (χ0v) is 14.6. The fraction of sp³-hybridized carbons (Fsp3) is 0.200. The van der Waals surface area contributed by atoms with Gasteiger partial charge in [-0.15, -0.1) is 0 Å². The molecule has 0 saturated heterocycles. The number of benzene rings is 2. The Morgan fingerprint density at radius 3 is 2.43 bits per heavy atom. The van der Waals surface area contributed by atoms with E-state index in [1.165, 1.54) is 0 Å². The van der Waals surface area contributed by atoms with E-state index in [2.05, 4.69) is 21.2 Å². The Morgan fingerprint density at radius 1 is 1.05 bits per heavy atom. The molecule has 0 atom stereocenters. The lowest BCUT2D eigenvalue weighted by atomic mass is 10.2. The molecule has 2 aromatic carbocycles. The van der Waals surface area contributed by atoms with Crippen LogP contribution in [0.25, 0.3) is 0 Å². The van der Waals surface area contributed by atoms with Gasteiger partial charge in [-0.2, -0.15) is 0 Å². The quantitative estimate of drug-likeness (QED) is 0.742. The molecule has 0 aliphatic carbocycles. The third kappa shape index (κ3) is 3.96. The minimum atomic E-state index is 0.523. The highest BCUT2D eigenvalue weighted by Crippen LogP contribution is 2.36. The number of methoxy groups -OCH3 is 2. The highest BCUT2D eigenvalue weighted by atomic mass is 79.9. The molecule has 0 aromatic heterocycles. The summed E-state index contributed by atoms with van der Waals surface area (Å²) in [5, 5.41) is 4.35. The summed E-state index contributed by atoms with van der Waals surface area (Å²) in [5.41, 5.74) is 1.95. The third-order valence-electron chi connectivity index (χ3n) is 2.91. The smallest absolute Gasteiger partial charge is 0.174 e. The number of hydrogen-bond acceptors (Lipinski definition) is 3. The zero-order valence-electron chi connectivity index (χ0n) is 11.5. The fourth-order valence-corrected chi connectivity index (χ4v) is 2.83. The normalized spacial score (nSPS) is 10.3. The first-order chi connectivity index (χ1) is 10.0. The molecular weight excluding hydrogens is 377 g/mol. The molecule has 0 aliphatic rings. The summed E-state index contributed by atoms with van der Waals surface area (Å²) in [4.78, 5) is 0. The van der Waals surface area contributed by atoms with Crippen LogP contribution < -0.4 is 14.8 Å². The van der Waals surface area contributed by atoms with Crippen molar-refractivity contribution in [1.29, 1.82) is 0 Å². The first-order valence-corrected chi connectivity index (χ1v) is 7.69. The molecule has 2 rings (SSSR count). The lowest BCUT2D eigenvalue weighted by Gasteiger charge is -2.13. The molecule has 0 fully saturated rings. The van der Waals surface area contributed by atoms with Crippen molar-refractivity contribution >= 4 is 44.8 Å². The van der Waals surface area contributed by atoms with E-state index >= 15 is 0 Å². The van der Waals surface area contributed by atoms with Gasteiger partial charge >= 0.3 is 0 Å². The highest BCUT2D eigenvalue weighted by Gasteiger charge is 2.10. The Morgan fingerprint density at radius 2 is 1.81 bits per heavy atom. The minimum absolute atomic E-state index is 0.523. The summed E-state index contributed by atoms with van der Waals surface area (Å²) >= 11 is 15.4. The number of rotatable bonds is 5. The van der Waals surface area contributed by atoms with E-state index < -0.39 is 0 Å². The van der Waals surface area contributed by atoms with Crippen LogP contribution in [0.4, 0.5) is 5.69 Å². The van der Waals surface area contributed by atoms with Crippen molar-refractivity contribution in [2.45, 2.75) is 6.54 Å². The van der Waals surface area contributed by atoms with E-state index in [4.69, 9.17) is 32.7 Å². The minimum Gasteiger partial charge on any atom is -0.493 e. The molecule has 0 saturated carbocycles. The Labute approximate surface area is 142 Å². The summed E-state index contributed by atoms with van der Waals surface area (Å²) in [7, 11) is 3.22. The van der Waals surface area contributed by atoms with E-state index in [1.54, 1.807) is 26.4 Å². The van der Waals surface area contributed by atoms with Gasteiger partial charge in [0.1, 0.15) is 0 Å². The third-order valence-corrected chi connectivity index (χ3v) is 4.24. The largest absolute Gasteiger partial charge is 0.493 e. The monoisotopic (exact) mass is 389 g/mol. The van der Waals surface area contributed by atoms with Crippen LogP contribution in [0, 0.1) is 0 Å². The van der Waals surface area contributed by atoms with Crippen LogP contribution in [-0.2, 0) is 6.54 Å². The first-order valence-electron chi connectivity index (χ1n) is 6.14. The molecule has 6 heteroatoms. The summed E-state index contributed by atoms with van der Waals surface area (Å²) in [5.74, 6) is 1.36. The Balaban J connectivity index is 2.16. The lowest BCUT2D eigenvalue weighted by Crippen LogP contribution is -2.01. The second kappa shape index (κ2) is 7.25. The van der Waals surface area contributed by atoms with E-state index in [0.29, 0.717) is 28.1 Å². The second-order valence-corrected chi connectivity index (χ2v) is 5.96. The van der Waals surface area contributed by atoms with Crippen molar-refractivity contribution in [2.75, 3.05) is 19.5 Å². The molecule has 21 heavy (non-hydrogen) atoms. The molecule has 0 amide bonds. The van der Waals surface area contributed by atoms with Crippen molar-refractivity contribution in [3.8, 4) is 11.5 Å². The molecular formula is C15H14BrCl2NO2. The Bertz CT molecular complexity index is 650. The molecule has 0 unspecified atom stereocenters. The van der Waals surface area contributed by atoms with Crippen molar-refractivity contribution < 1.29 is 9.47 Å². The van der Waals surface area contributed by atoms with Crippen molar-refractivity contribution in [3.05, 3.63) is 50.4 Å². The summed E-state index contributed by atoms with van der Waals surface area (Å²) in [6, 6.07) is 9.33. The van der Waals surface area contributed by atoms with Gasteiger partial charge in [-0.1, -0.05) is 23.2 Å². The van der Waals surface area contributed by atoms with Gasteiger partial charge in [-0.05, 0) is 51.8 Å². The number of nitrogens with one attached hydrogen (secondary N) is 1. The van der Waals surface area contributed by atoms with Crippen LogP contribution in [0.1, 0.15) is 5.56 Å². The van der Waals surface area contributed by atoms with Gasteiger partial charge in [0.25, 0.3) is 0 Å². The molecule has 0 radical (unpaired) electrons. The molecule has 2 aromatic rings. The van der Waals surface area contributed by atoms with Crippen LogP contribution in [0.2, 0.25) is 10.0 Å². The predicted molar refractivity (Wildman–Crippen MR) is 91.0 cm³/mol. The van der Waals surface area contributed by atoms with Gasteiger partial charge in [0.2, 0.25) is 0 Å². The SMILES string of the molecule is COc1cc(CNc2ccc(Cl)c(Cl)c2)cc(Br)c1OC. The van der Waals surface area contributed by atoms with Crippen molar-refractivity contribution in [1.82, 2.24) is 0 Å². The van der Waals surface area contributed by atoms with Crippen LogP contribution in [-0.4, -0.2) is 14.2 Å². The van der Waals surface area contributed by atoms with Crippen LogP contribution in [0.5, 0.6) is 11.5 Å². The van der Waals surface area contributed by atoms with Gasteiger partial charge in [-0.25, -0.2) is 0 Å². The average molecular weight is 391 g/mol. The first kappa shape index (κ1) is 16.3. The van der Waals surface area contributed by atoms with E-state index in [-0.39, 0.29) is 0 Å². The number of ether oxygens (including phenoxy) is 2. The van der Waals surface area contributed by atoms with Crippen LogP contribution in [0.15, 0.2) is 34.8 Å². The Kier molecular flexibility index (Phi) is 5.62. The van der Waals surface area contributed by atoms with E-state index in [0.717, 1.165) is 15.7 Å². The number of anilines is 1. The van der Waals surface area contributed by atoms with Gasteiger partial charge in [0.05, 0.1) is 28.7 Å². The molecule has 112 valence electrons. The molecule has 3 nitrogen and oxygen atoms in total. The maximum atomic E-state index is 5.99. The van der Waals surface area contributed by atoms with Gasteiger partial charge in [0, 0.05) is 12.2 Å². The average Bonchev–Trinajstić information content (AvgIpc) is 2.47. The maximum Gasteiger partial charge on any atom is 0.174 e. The maximum absolute atomic E-state index is 5.99. The van der Waals surface area contributed by atoms with E-state index in [9.17, 15) is 0 Å². The van der Waals surface area contributed by atoms with Crippen LogP contribution >= 0.6 is 39.1 Å². The topological polar surface area (TPSA) is 30.5 Å². The van der Waals surface area contributed by atoms with Gasteiger partial charge < -0.3 is 14.8 Å².